The molecule has 0 spiro atoms. The molecule has 0 aliphatic carbocycles. The molecule has 1 aromatic heterocycles. The number of benzene rings is 1. The first kappa shape index (κ1) is 15.7. The molecule has 2 heterocycles. The second-order valence-corrected chi connectivity index (χ2v) is 6.26. The molecular formula is C18H24N4O. The van der Waals surface area contributed by atoms with Gasteiger partial charge in [0.1, 0.15) is 6.04 Å². The normalized spacial score (nSPS) is 21.0. The molecule has 5 heteroatoms. The highest BCUT2D eigenvalue weighted by Crippen LogP contribution is 2.24. The van der Waals surface area contributed by atoms with E-state index in [9.17, 15) is 4.79 Å². The lowest BCUT2D eigenvalue weighted by Gasteiger charge is -2.25. The molecule has 1 fully saturated rings. The first-order valence-corrected chi connectivity index (χ1v) is 8.22. The SMILES string of the molecule is C[C@H](c1ccccc1)N1CC[C@H](NC(=O)[C@@H](C)n2ccnc2)C1. The molecule has 23 heavy (non-hydrogen) atoms. The van der Waals surface area contributed by atoms with Crippen LogP contribution in [-0.4, -0.2) is 39.5 Å². The molecule has 0 saturated carbocycles. The van der Waals surface area contributed by atoms with Gasteiger partial charge in [0.15, 0.2) is 0 Å². The Morgan fingerprint density at radius 2 is 2.09 bits per heavy atom. The quantitative estimate of drug-likeness (QED) is 0.922. The number of nitrogens with one attached hydrogen (secondary N) is 1. The number of aromatic nitrogens is 2. The van der Waals surface area contributed by atoms with Crippen LogP contribution in [0.2, 0.25) is 0 Å². The van der Waals surface area contributed by atoms with Crippen LogP contribution < -0.4 is 5.32 Å². The Labute approximate surface area is 137 Å². The smallest absolute Gasteiger partial charge is 0.243 e. The maximum absolute atomic E-state index is 12.4. The number of rotatable bonds is 5. The first-order chi connectivity index (χ1) is 11.1. The van der Waals surface area contributed by atoms with E-state index in [0.29, 0.717) is 6.04 Å². The highest BCUT2D eigenvalue weighted by molar-refractivity contribution is 5.80. The summed E-state index contributed by atoms with van der Waals surface area (Å²) >= 11 is 0. The van der Waals surface area contributed by atoms with Gasteiger partial charge in [-0.05, 0) is 25.8 Å². The molecular weight excluding hydrogens is 288 g/mol. The summed E-state index contributed by atoms with van der Waals surface area (Å²) in [7, 11) is 0. The van der Waals surface area contributed by atoms with E-state index in [0.717, 1.165) is 19.5 Å². The Hall–Kier alpha value is -2.14. The van der Waals surface area contributed by atoms with E-state index in [1.165, 1.54) is 5.56 Å². The van der Waals surface area contributed by atoms with E-state index < -0.39 is 0 Å². The Morgan fingerprint density at radius 3 is 2.78 bits per heavy atom. The van der Waals surface area contributed by atoms with E-state index in [-0.39, 0.29) is 18.0 Å². The van der Waals surface area contributed by atoms with Gasteiger partial charge in [0.25, 0.3) is 0 Å². The molecule has 0 radical (unpaired) electrons. The van der Waals surface area contributed by atoms with Gasteiger partial charge in [-0.2, -0.15) is 0 Å². The minimum absolute atomic E-state index is 0.0576. The minimum atomic E-state index is -0.224. The fourth-order valence-corrected chi connectivity index (χ4v) is 3.15. The summed E-state index contributed by atoms with van der Waals surface area (Å²) < 4.78 is 1.83. The van der Waals surface area contributed by atoms with Crippen LogP contribution in [-0.2, 0) is 4.79 Å². The van der Waals surface area contributed by atoms with Gasteiger partial charge in [0, 0.05) is 37.6 Å². The van der Waals surface area contributed by atoms with Crippen LogP contribution in [0.1, 0.15) is 37.9 Å². The highest BCUT2D eigenvalue weighted by Gasteiger charge is 2.28. The topological polar surface area (TPSA) is 50.2 Å². The zero-order chi connectivity index (χ0) is 16.2. The summed E-state index contributed by atoms with van der Waals surface area (Å²) in [6.45, 7) is 6.04. The predicted octanol–water partition coefficient (Wildman–Crippen LogP) is 2.40. The van der Waals surface area contributed by atoms with Gasteiger partial charge < -0.3 is 9.88 Å². The summed E-state index contributed by atoms with van der Waals surface area (Å²) in [6, 6.07) is 10.9. The van der Waals surface area contributed by atoms with Crippen molar-refractivity contribution < 1.29 is 4.79 Å². The summed E-state index contributed by atoms with van der Waals surface area (Å²) in [5.74, 6) is 0.0576. The molecule has 1 amide bonds. The first-order valence-electron chi connectivity index (χ1n) is 8.22. The molecule has 2 aromatic rings. The Balaban J connectivity index is 1.55. The van der Waals surface area contributed by atoms with Crippen LogP contribution in [0.3, 0.4) is 0 Å². The number of imidazole rings is 1. The van der Waals surface area contributed by atoms with Crippen molar-refractivity contribution >= 4 is 5.91 Å². The molecule has 0 unspecified atom stereocenters. The third-order valence-corrected chi connectivity index (χ3v) is 4.75. The lowest BCUT2D eigenvalue weighted by Crippen LogP contribution is -2.40. The summed E-state index contributed by atoms with van der Waals surface area (Å²) in [6.07, 6.45) is 6.20. The summed E-state index contributed by atoms with van der Waals surface area (Å²) in [4.78, 5) is 18.8. The molecule has 1 saturated heterocycles. The number of hydrogen-bond acceptors (Lipinski definition) is 3. The molecule has 3 rings (SSSR count). The van der Waals surface area contributed by atoms with Crippen LogP contribution in [0.15, 0.2) is 49.1 Å². The maximum atomic E-state index is 12.4. The van der Waals surface area contributed by atoms with Crippen molar-refractivity contribution in [3.05, 3.63) is 54.6 Å². The van der Waals surface area contributed by atoms with E-state index in [1.54, 1.807) is 12.5 Å². The Kier molecular flexibility index (Phi) is 4.76. The summed E-state index contributed by atoms with van der Waals surface area (Å²) in [5.41, 5.74) is 1.33. The molecule has 5 nitrogen and oxygen atoms in total. The van der Waals surface area contributed by atoms with E-state index in [2.05, 4.69) is 46.4 Å². The van der Waals surface area contributed by atoms with Crippen molar-refractivity contribution in [1.29, 1.82) is 0 Å². The van der Waals surface area contributed by atoms with E-state index in [4.69, 9.17) is 0 Å². The van der Waals surface area contributed by atoms with Crippen LogP contribution in [0, 0.1) is 0 Å². The van der Waals surface area contributed by atoms with Crippen LogP contribution in [0.25, 0.3) is 0 Å². The van der Waals surface area contributed by atoms with Crippen molar-refractivity contribution in [2.45, 2.75) is 38.4 Å². The predicted molar refractivity (Wildman–Crippen MR) is 89.9 cm³/mol. The second kappa shape index (κ2) is 6.96. The third-order valence-electron chi connectivity index (χ3n) is 4.75. The molecule has 122 valence electrons. The molecule has 1 aliphatic heterocycles. The third kappa shape index (κ3) is 3.62. The molecule has 1 aromatic carbocycles. The van der Waals surface area contributed by atoms with Gasteiger partial charge in [-0.25, -0.2) is 4.98 Å². The van der Waals surface area contributed by atoms with Gasteiger partial charge in [-0.3, -0.25) is 9.69 Å². The van der Waals surface area contributed by atoms with Gasteiger partial charge >= 0.3 is 0 Å². The zero-order valence-electron chi connectivity index (χ0n) is 13.7. The van der Waals surface area contributed by atoms with Crippen molar-refractivity contribution in [2.75, 3.05) is 13.1 Å². The van der Waals surface area contributed by atoms with Crippen molar-refractivity contribution in [1.82, 2.24) is 19.8 Å². The van der Waals surface area contributed by atoms with Crippen LogP contribution in [0.4, 0.5) is 0 Å². The number of carbonyl (C=O) groups excluding carboxylic acids is 1. The average molecular weight is 312 g/mol. The number of likely N-dealkylation sites (tertiary alicyclic amines) is 1. The lowest BCUT2D eigenvalue weighted by molar-refractivity contribution is -0.124. The number of hydrogen-bond donors (Lipinski definition) is 1. The number of amides is 1. The maximum Gasteiger partial charge on any atom is 0.243 e. The van der Waals surface area contributed by atoms with Crippen molar-refractivity contribution in [3.63, 3.8) is 0 Å². The fraction of sp³-hybridized carbons (Fsp3) is 0.444. The number of carbonyl (C=O) groups is 1. The minimum Gasteiger partial charge on any atom is -0.350 e. The van der Waals surface area contributed by atoms with Gasteiger partial charge in [0.05, 0.1) is 6.33 Å². The molecule has 1 N–H and O–H groups in total. The van der Waals surface area contributed by atoms with E-state index in [1.807, 2.05) is 23.8 Å². The van der Waals surface area contributed by atoms with Gasteiger partial charge in [0.2, 0.25) is 5.91 Å². The lowest BCUT2D eigenvalue weighted by atomic mass is 10.1. The zero-order valence-corrected chi connectivity index (χ0v) is 13.7. The van der Waals surface area contributed by atoms with Gasteiger partial charge in [-0.1, -0.05) is 30.3 Å². The largest absolute Gasteiger partial charge is 0.350 e. The van der Waals surface area contributed by atoms with Crippen molar-refractivity contribution in [2.24, 2.45) is 0 Å². The van der Waals surface area contributed by atoms with Crippen molar-refractivity contribution in [3.8, 4) is 0 Å². The second-order valence-electron chi connectivity index (χ2n) is 6.26. The van der Waals surface area contributed by atoms with Crippen LogP contribution >= 0.6 is 0 Å². The molecule has 3 atom stereocenters. The highest BCUT2D eigenvalue weighted by atomic mass is 16.2. The van der Waals surface area contributed by atoms with Crippen LogP contribution in [0.5, 0.6) is 0 Å². The fourth-order valence-electron chi connectivity index (χ4n) is 3.15. The van der Waals surface area contributed by atoms with Gasteiger partial charge in [-0.15, -0.1) is 0 Å². The number of nitrogens with zero attached hydrogens (tertiary/aromatic N) is 3. The Bertz CT molecular complexity index is 626. The molecule has 0 bridgehead atoms. The average Bonchev–Trinajstić information content (AvgIpc) is 3.26. The monoisotopic (exact) mass is 312 g/mol. The Morgan fingerprint density at radius 1 is 1.30 bits per heavy atom. The summed E-state index contributed by atoms with van der Waals surface area (Å²) in [5, 5.41) is 3.17. The molecule has 1 aliphatic rings. The van der Waals surface area contributed by atoms with E-state index >= 15 is 0 Å². The standard InChI is InChI=1S/C18H24N4O/c1-14(16-6-4-3-5-7-16)21-10-8-17(12-21)20-18(23)15(2)22-11-9-19-13-22/h3-7,9,11,13-15,17H,8,10,12H2,1-2H3,(H,20,23)/t14-,15-,17+/m1/s1.